The molecule has 1 fully saturated rings. The van der Waals surface area contributed by atoms with Crippen LogP contribution in [0.2, 0.25) is 0 Å². The summed E-state index contributed by atoms with van der Waals surface area (Å²) < 4.78 is 0. The summed E-state index contributed by atoms with van der Waals surface area (Å²) in [5.41, 5.74) is 7.04. The highest BCUT2D eigenvalue weighted by Crippen LogP contribution is 2.14. The summed E-state index contributed by atoms with van der Waals surface area (Å²) in [6.45, 7) is 3.21. The lowest BCUT2D eigenvalue weighted by molar-refractivity contribution is 0.100. The molecule has 1 amide bonds. The Balaban J connectivity index is 0.00000180. The van der Waals surface area contributed by atoms with Crippen LogP contribution in [-0.2, 0) is 6.54 Å². The van der Waals surface area contributed by atoms with E-state index in [9.17, 15) is 4.79 Å². The lowest BCUT2D eigenvalue weighted by Crippen LogP contribution is -2.40. The summed E-state index contributed by atoms with van der Waals surface area (Å²) in [5.74, 6) is -0.364. The van der Waals surface area contributed by atoms with Crippen molar-refractivity contribution in [3.8, 4) is 0 Å². The number of halogens is 1. The van der Waals surface area contributed by atoms with Crippen LogP contribution in [-0.4, -0.2) is 37.0 Å². The molecule has 4 nitrogen and oxygen atoms in total. The van der Waals surface area contributed by atoms with Crippen LogP contribution in [0.1, 0.15) is 28.8 Å². The fourth-order valence-corrected chi connectivity index (χ4v) is 2.41. The van der Waals surface area contributed by atoms with Gasteiger partial charge < -0.3 is 11.1 Å². The van der Waals surface area contributed by atoms with E-state index in [1.54, 1.807) is 12.1 Å². The zero-order chi connectivity index (χ0) is 13.0. The predicted octanol–water partition coefficient (Wildman–Crippen LogP) is 1.39. The fraction of sp³-hybridized carbons (Fsp3) is 0.500. The van der Waals surface area contributed by atoms with Crippen LogP contribution < -0.4 is 11.1 Å². The monoisotopic (exact) mass is 283 g/mol. The number of benzene rings is 1. The average molecular weight is 284 g/mol. The van der Waals surface area contributed by atoms with E-state index in [4.69, 9.17) is 5.73 Å². The second-order valence-corrected chi connectivity index (χ2v) is 4.90. The molecular weight excluding hydrogens is 262 g/mol. The van der Waals surface area contributed by atoms with Crippen molar-refractivity contribution in [2.24, 2.45) is 5.73 Å². The second-order valence-electron chi connectivity index (χ2n) is 4.90. The number of carbonyl (C=O) groups excluding carboxylic acids is 1. The predicted molar refractivity (Wildman–Crippen MR) is 79.6 cm³/mol. The molecule has 3 N–H and O–H groups in total. The van der Waals surface area contributed by atoms with Crippen molar-refractivity contribution in [2.75, 3.05) is 20.1 Å². The molecule has 1 aromatic rings. The summed E-state index contributed by atoms with van der Waals surface area (Å²) in [6.07, 6.45) is 2.41. The Morgan fingerprint density at radius 2 is 1.89 bits per heavy atom. The van der Waals surface area contributed by atoms with Crippen LogP contribution >= 0.6 is 12.4 Å². The largest absolute Gasteiger partial charge is 0.366 e. The number of piperidine rings is 1. The van der Waals surface area contributed by atoms with Gasteiger partial charge in [-0.2, -0.15) is 0 Å². The molecule has 19 heavy (non-hydrogen) atoms. The number of likely N-dealkylation sites (tertiary alicyclic amines) is 1. The highest BCUT2D eigenvalue weighted by molar-refractivity contribution is 5.92. The van der Waals surface area contributed by atoms with Gasteiger partial charge in [0.2, 0.25) is 5.91 Å². The molecular formula is C14H22ClN3O. The average Bonchev–Trinajstić information content (AvgIpc) is 2.40. The summed E-state index contributed by atoms with van der Waals surface area (Å²) in [6, 6.07) is 8.25. The van der Waals surface area contributed by atoms with Gasteiger partial charge in [-0.05, 0) is 50.7 Å². The molecule has 1 aromatic carbocycles. The van der Waals surface area contributed by atoms with Crippen molar-refractivity contribution in [3.63, 3.8) is 0 Å². The first kappa shape index (κ1) is 16.0. The molecule has 5 heteroatoms. The summed E-state index contributed by atoms with van der Waals surface area (Å²) in [7, 11) is 2.03. The Labute approximate surface area is 120 Å². The molecule has 0 radical (unpaired) electrons. The minimum Gasteiger partial charge on any atom is -0.366 e. The van der Waals surface area contributed by atoms with Gasteiger partial charge in [0.1, 0.15) is 0 Å². The molecule has 0 unspecified atom stereocenters. The van der Waals surface area contributed by atoms with Gasteiger partial charge in [0.25, 0.3) is 0 Å². The standard InChI is InChI=1S/C14H21N3O.ClH/c1-16-13-6-8-17(9-7-13)10-11-2-4-12(5-3-11)14(15)18;/h2-5,13,16H,6-10H2,1H3,(H2,15,18);1H. The third kappa shape index (κ3) is 4.49. The molecule has 2 rings (SSSR count). The number of hydrogen-bond acceptors (Lipinski definition) is 3. The van der Waals surface area contributed by atoms with Crippen molar-refractivity contribution in [3.05, 3.63) is 35.4 Å². The third-order valence-corrected chi connectivity index (χ3v) is 3.64. The number of rotatable bonds is 4. The summed E-state index contributed by atoms with van der Waals surface area (Å²) in [4.78, 5) is 13.4. The number of carbonyl (C=O) groups is 1. The smallest absolute Gasteiger partial charge is 0.248 e. The lowest BCUT2D eigenvalue weighted by Gasteiger charge is -2.31. The maximum atomic E-state index is 11.0. The maximum Gasteiger partial charge on any atom is 0.248 e. The normalized spacial score (nSPS) is 16.9. The molecule has 1 saturated heterocycles. The van der Waals surface area contributed by atoms with E-state index in [2.05, 4.69) is 10.2 Å². The van der Waals surface area contributed by atoms with Crippen LogP contribution in [0, 0.1) is 0 Å². The van der Waals surface area contributed by atoms with E-state index in [-0.39, 0.29) is 18.3 Å². The Kier molecular flexibility index (Phi) is 6.28. The van der Waals surface area contributed by atoms with Crippen LogP contribution in [0.5, 0.6) is 0 Å². The first-order valence-electron chi connectivity index (χ1n) is 6.47. The quantitative estimate of drug-likeness (QED) is 0.878. The van der Waals surface area contributed by atoms with Crippen LogP contribution in [0.25, 0.3) is 0 Å². The van der Waals surface area contributed by atoms with Gasteiger partial charge in [-0.15, -0.1) is 12.4 Å². The molecule has 0 spiro atoms. The number of nitrogens with one attached hydrogen (secondary N) is 1. The lowest BCUT2D eigenvalue weighted by atomic mass is 10.0. The number of nitrogens with two attached hydrogens (primary N) is 1. The van der Waals surface area contributed by atoms with Gasteiger partial charge in [-0.3, -0.25) is 9.69 Å². The SMILES string of the molecule is CNC1CCN(Cc2ccc(C(N)=O)cc2)CC1.Cl. The molecule has 1 aliphatic heterocycles. The van der Waals surface area contributed by atoms with Gasteiger partial charge in [0.15, 0.2) is 0 Å². The molecule has 1 heterocycles. The van der Waals surface area contributed by atoms with Gasteiger partial charge >= 0.3 is 0 Å². The van der Waals surface area contributed by atoms with Crippen molar-refractivity contribution in [1.82, 2.24) is 10.2 Å². The Morgan fingerprint density at radius 1 is 1.32 bits per heavy atom. The van der Waals surface area contributed by atoms with E-state index in [1.807, 2.05) is 19.2 Å². The molecule has 0 aromatic heterocycles. The van der Waals surface area contributed by atoms with E-state index < -0.39 is 0 Å². The van der Waals surface area contributed by atoms with Gasteiger partial charge in [-0.1, -0.05) is 12.1 Å². The van der Waals surface area contributed by atoms with Gasteiger partial charge in [0, 0.05) is 18.2 Å². The van der Waals surface area contributed by atoms with Crippen LogP contribution in [0.4, 0.5) is 0 Å². The zero-order valence-electron chi connectivity index (χ0n) is 11.3. The molecule has 0 aliphatic carbocycles. The highest BCUT2D eigenvalue weighted by Gasteiger charge is 2.17. The highest BCUT2D eigenvalue weighted by atomic mass is 35.5. The first-order chi connectivity index (χ1) is 8.69. The number of hydrogen-bond donors (Lipinski definition) is 2. The minimum absolute atomic E-state index is 0. The summed E-state index contributed by atoms with van der Waals surface area (Å²) >= 11 is 0. The topological polar surface area (TPSA) is 58.4 Å². The molecule has 106 valence electrons. The van der Waals surface area contributed by atoms with Crippen molar-refractivity contribution in [1.29, 1.82) is 0 Å². The Morgan fingerprint density at radius 3 is 2.37 bits per heavy atom. The summed E-state index contributed by atoms with van der Waals surface area (Å²) in [5, 5.41) is 3.33. The first-order valence-corrected chi connectivity index (χ1v) is 6.47. The minimum atomic E-state index is -0.364. The molecule has 0 atom stereocenters. The number of nitrogens with zero attached hydrogens (tertiary/aromatic N) is 1. The molecule has 1 aliphatic rings. The fourth-order valence-electron chi connectivity index (χ4n) is 2.41. The van der Waals surface area contributed by atoms with E-state index in [0.29, 0.717) is 11.6 Å². The van der Waals surface area contributed by atoms with E-state index in [0.717, 1.165) is 19.6 Å². The van der Waals surface area contributed by atoms with E-state index in [1.165, 1.54) is 18.4 Å². The zero-order valence-corrected chi connectivity index (χ0v) is 12.1. The third-order valence-electron chi connectivity index (χ3n) is 3.64. The number of amides is 1. The van der Waals surface area contributed by atoms with Crippen LogP contribution in [0.3, 0.4) is 0 Å². The number of primary amides is 1. The van der Waals surface area contributed by atoms with Gasteiger partial charge in [-0.25, -0.2) is 0 Å². The Hall–Kier alpha value is -1.10. The van der Waals surface area contributed by atoms with Crippen LogP contribution in [0.15, 0.2) is 24.3 Å². The molecule has 0 bridgehead atoms. The maximum absolute atomic E-state index is 11.0. The van der Waals surface area contributed by atoms with Crippen molar-refractivity contribution >= 4 is 18.3 Å². The Bertz CT molecular complexity index is 400. The van der Waals surface area contributed by atoms with Crippen molar-refractivity contribution in [2.45, 2.75) is 25.4 Å². The van der Waals surface area contributed by atoms with Gasteiger partial charge in [0.05, 0.1) is 0 Å². The van der Waals surface area contributed by atoms with E-state index >= 15 is 0 Å². The van der Waals surface area contributed by atoms with Crippen molar-refractivity contribution < 1.29 is 4.79 Å². The molecule has 0 saturated carbocycles. The second kappa shape index (κ2) is 7.48.